The molecule has 2 aromatic rings. The van der Waals surface area contributed by atoms with Gasteiger partial charge in [0.15, 0.2) is 0 Å². The minimum absolute atomic E-state index is 0. The molecule has 5 heteroatoms. The lowest BCUT2D eigenvalue weighted by molar-refractivity contribution is -0.0763. The Morgan fingerprint density at radius 3 is 1.76 bits per heavy atom. The molecule has 1 unspecified atom stereocenters. The summed E-state index contributed by atoms with van der Waals surface area (Å²) in [4.78, 5) is 2.45. The molecule has 0 saturated carbocycles. The molecule has 0 aromatic heterocycles. The lowest BCUT2D eigenvalue weighted by Gasteiger charge is -2.51. The number of aliphatic hydroxyl groups is 1. The van der Waals surface area contributed by atoms with Crippen molar-refractivity contribution in [3.05, 3.63) is 69.7 Å². The van der Waals surface area contributed by atoms with E-state index in [1.54, 1.807) is 0 Å². The van der Waals surface area contributed by atoms with Crippen molar-refractivity contribution in [1.29, 1.82) is 0 Å². The highest BCUT2D eigenvalue weighted by molar-refractivity contribution is 6.32. The summed E-state index contributed by atoms with van der Waals surface area (Å²) in [6.07, 6.45) is 2.25. The number of benzene rings is 2. The summed E-state index contributed by atoms with van der Waals surface area (Å²) < 4.78 is 0. The average molecular weight is 399 g/mol. The van der Waals surface area contributed by atoms with Crippen molar-refractivity contribution in [2.45, 2.75) is 18.4 Å². The lowest BCUT2D eigenvalue weighted by Crippen LogP contribution is -2.55. The molecule has 134 valence electrons. The maximum absolute atomic E-state index is 12.1. The van der Waals surface area contributed by atoms with Gasteiger partial charge in [-0.15, -0.1) is 12.4 Å². The van der Waals surface area contributed by atoms with Crippen molar-refractivity contribution in [2.24, 2.45) is 11.8 Å². The minimum Gasteiger partial charge on any atom is -0.380 e. The standard InChI is InChI=1S/C20H21Cl2NO.ClH/c21-18-7-3-1-5-15(18)20(24,16-6-2-4-8-19(16)22)17-13-23-11-9-14(17)10-12-23;/h1-8,14,17,24H,9-13H2;1H. The van der Waals surface area contributed by atoms with Crippen LogP contribution in [0.5, 0.6) is 0 Å². The average Bonchev–Trinajstić information content (AvgIpc) is 2.63. The van der Waals surface area contributed by atoms with Gasteiger partial charge in [0, 0.05) is 33.6 Å². The summed E-state index contributed by atoms with van der Waals surface area (Å²) in [6.45, 7) is 3.14. The zero-order valence-corrected chi connectivity index (χ0v) is 16.2. The zero-order valence-electron chi connectivity index (χ0n) is 13.9. The maximum Gasteiger partial charge on any atom is 0.122 e. The predicted octanol–water partition coefficient (Wildman–Crippen LogP) is 4.99. The molecule has 3 aliphatic rings. The number of nitrogens with zero attached hydrogens (tertiary/aromatic N) is 1. The Labute approximate surface area is 165 Å². The van der Waals surface area contributed by atoms with Crippen LogP contribution >= 0.6 is 35.6 Å². The van der Waals surface area contributed by atoms with Gasteiger partial charge in [0.25, 0.3) is 0 Å². The first-order valence-electron chi connectivity index (χ1n) is 8.55. The van der Waals surface area contributed by atoms with E-state index in [9.17, 15) is 5.11 Å². The molecule has 1 atom stereocenters. The number of rotatable bonds is 3. The third-order valence-electron chi connectivity index (χ3n) is 5.76. The second-order valence-corrected chi connectivity index (χ2v) is 7.79. The number of halogens is 3. The van der Waals surface area contributed by atoms with E-state index < -0.39 is 5.60 Å². The van der Waals surface area contributed by atoms with Gasteiger partial charge in [0.1, 0.15) is 5.60 Å². The first-order valence-corrected chi connectivity index (χ1v) is 9.31. The van der Waals surface area contributed by atoms with Crippen LogP contribution in [0.25, 0.3) is 0 Å². The van der Waals surface area contributed by atoms with Gasteiger partial charge in [-0.2, -0.15) is 0 Å². The van der Waals surface area contributed by atoms with E-state index >= 15 is 0 Å². The molecule has 2 nitrogen and oxygen atoms in total. The van der Waals surface area contributed by atoms with Crippen LogP contribution in [0.4, 0.5) is 0 Å². The molecule has 1 N–H and O–H groups in total. The third kappa shape index (κ3) is 3.20. The highest BCUT2D eigenvalue weighted by Gasteiger charge is 2.50. The Hall–Kier alpha value is -0.770. The van der Waals surface area contributed by atoms with Crippen molar-refractivity contribution in [3.63, 3.8) is 0 Å². The number of hydrogen-bond acceptors (Lipinski definition) is 2. The number of fused-ring (bicyclic) bond motifs is 3. The summed E-state index contributed by atoms with van der Waals surface area (Å²) in [7, 11) is 0. The highest BCUT2D eigenvalue weighted by Crippen LogP contribution is 2.49. The van der Waals surface area contributed by atoms with E-state index in [0.717, 1.165) is 43.6 Å². The second-order valence-electron chi connectivity index (χ2n) is 6.97. The largest absolute Gasteiger partial charge is 0.380 e. The molecule has 5 rings (SSSR count). The SMILES string of the molecule is Cl.OC(c1ccccc1Cl)(c1ccccc1Cl)C1CN2CCC1CC2. The van der Waals surface area contributed by atoms with Crippen LogP contribution in [-0.4, -0.2) is 29.6 Å². The van der Waals surface area contributed by atoms with Gasteiger partial charge < -0.3 is 10.0 Å². The van der Waals surface area contributed by atoms with Gasteiger partial charge in [0.05, 0.1) is 0 Å². The van der Waals surface area contributed by atoms with Crippen molar-refractivity contribution < 1.29 is 5.11 Å². The van der Waals surface area contributed by atoms with Gasteiger partial charge in [0.2, 0.25) is 0 Å². The van der Waals surface area contributed by atoms with Crippen LogP contribution in [0.1, 0.15) is 24.0 Å². The number of hydrogen-bond donors (Lipinski definition) is 1. The van der Waals surface area contributed by atoms with Crippen LogP contribution in [0.3, 0.4) is 0 Å². The van der Waals surface area contributed by atoms with Crippen LogP contribution < -0.4 is 0 Å². The van der Waals surface area contributed by atoms with Gasteiger partial charge in [-0.3, -0.25) is 0 Å². The van der Waals surface area contributed by atoms with Gasteiger partial charge in [-0.05, 0) is 44.0 Å². The van der Waals surface area contributed by atoms with E-state index in [4.69, 9.17) is 23.2 Å². The van der Waals surface area contributed by atoms with Crippen molar-refractivity contribution in [2.75, 3.05) is 19.6 Å². The summed E-state index contributed by atoms with van der Waals surface area (Å²) >= 11 is 13.0. The normalized spacial score (nSPS) is 25.5. The summed E-state index contributed by atoms with van der Waals surface area (Å²) in [5, 5.41) is 13.3. The first-order chi connectivity index (χ1) is 11.6. The van der Waals surface area contributed by atoms with Crippen molar-refractivity contribution >= 4 is 35.6 Å². The minimum atomic E-state index is -1.17. The molecular weight excluding hydrogens is 377 g/mol. The summed E-state index contributed by atoms with van der Waals surface area (Å²) in [5.74, 6) is 0.590. The number of piperidine rings is 3. The van der Waals surface area contributed by atoms with Crippen LogP contribution in [0.2, 0.25) is 10.0 Å². The van der Waals surface area contributed by atoms with E-state index in [1.807, 2.05) is 48.5 Å². The molecule has 0 spiro atoms. The maximum atomic E-state index is 12.1. The smallest absolute Gasteiger partial charge is 0.122 e. The predicted molar refractivity (Wildman–Crippen MR) is 106 cm³/mol. The first kappa shape index (κ1) is 19.0. The molecule has 0 radical (unpaired) electrons. The zero-order chi connectivity index (χ0) is 16.7. The Balaban J connectivity index is 0.00000182. The van der Waals surface area contributed by atoms with Gasteiger partial charge in [-0.1, -0.05) is 59.6 Å². The molecule has 2 aromatic carbocycles. The van der Waals surface area contributed by atoms with E-state index in [-0.39, 0.29) is 18.3 Å². The molecule has 25 heavy (non-hydrogen) atoms. The van der Waals surface area contributed by atoms with E-state index in [0.29, 0.717) is 16.0 Å². The van der Waals surface area contributed by atoms with Crippen LogP contribution in [-0.2, 0) is 5.60 Å². The Bertz CT molecular complexity index is 698. The van der Waals surface area contributed by atoms with Crippen LogP contribution in [0, 0.1) is 11.8 Å². The second kappa shape index (κ2) is 7.46. The quantitative estimate of drug-likeness (QED) is 0.787. The molecular formula is C20H22Cl3NO. The molecule has 0 aliphatic carbocycles. The third-order valence-corrected chi connectivity index (χ3v) is 6.42. The molecule has 3 heterocycles. The fraction of sp³-hybridized carbons (Fsp3) is 0.400. The Morgan fingerprint density at radius 1 is 0.880 bits per heavy atom. The van der Waals surface area contributed by atoms with Crippen molar-refractivity contribution in [3.8, 4) is 0 Å². The fourth-order valence-electron chi connectivity index (χ4n) is 4.52. The summed E-state index contributed by atoms with van der Waals surface area (Å²) in [6, 6.07) is 15.2. The molecule has 0 amide bonds. The highest BCUT2D eigenvalue weighted by atomic mass is 35.5. The van der Waals surface area contributed by atoms with Gasteiger partial charge in [-0.25, -0.2) is 0 Å². The fourth-order valence-corrected chi connectivity index (χ4v) is 5.08. The molecule has 3 saturated heterocycles. The Morgan fingerprint density at radius 2 is 1.36 bits per heavy atom. The molecule has 2 bridgehead atoms. The van der Waals surface area contributed by atoms with Crippen LogP contribution in [0.15, 0.2) is 48.5 Å². The monoisotopic (exact) mass is 397 g/mol. The Kier molecular flexibility index (Phi) is 5.67. The summed E-state index contributed by atoms with van der Waals surface area (Å²) in [5.41, 5.74) is 0.359. The topological polar surface area (TPSA) is 23.5 Å². The molecule has 3 aliphatic heterocycles. The van der Waals surface area contributed by atoms with Gasteiger partial charge >= 0.3 is 0 Å². The van der Waals surface area contributed by atoms with E-state index in [1.165, 1.54) is 0 Å². The molecule has 3 fully saturated rings. The van der Waals surface area contributed by atoms with Crippen molar-refractivity contribution in [1.82, 2.24) is 4.90 Å². The van der Waals surface area contributed by atoms with E-state index in [2.05, 4.69) is 4.90 Å². The lowest BCUT2D eigenvalue weighted by atomic mass is 9.65.